The molecule has 6 heteroatoms. The standard InChI is InChI=1S/C22H17N3O2.Cs/c26-21(27)14-9-10-19-20(11-14)24-13-16-6-2-4-8-18(16)25-17-7-3-1-5-15(17)12-23(19)22(24)25;/h1-11,22H,12-13H2,(H,26,27);/q;+1/p-1. The van der Waals surface area contributed by atoms with Crippen LogP contribution in [0.25, 0.3) is 0 Å². The van der Waals surface area contributed by atoms with Gasteiger partial charge < -0.3 is 24.6 Å². The number of hydrogen-bond donors (Lipinski definition) is 0. The summed E-state index contributed by atoms with van der Waals surface area (Å²) in [6.07, 6.45) is 0.0156. The van der Waals surface area contributed by atoms with Gasteiger partial charge in [-0.05, 0) is 41.0 Å². The quantitative estimate of drug-likeness (QED) is 0.478. The van der Waals surface area contributed by atoms with E-state index in [1.807, 2.05) is 6.07 Å². The van der Waals surface area contributed by atoms with E-state index in [9.17, 15) is 9.90 Å². The number of carbonyl (C=O) groups excluding carboxylic acids is 1. The molecule has 0 saturated carbocycles. The molecule has 3 aliphatic heterocycles. The Balaban J connectivity index is 0.00000171. The Morgan fingerprint density at radius 3 is 1.96 bits per heavy atom. The first kappa shape index (κ1) is 18.6. The minimum Gasteiger partial charge on any atom is -0.545 e. The fourth-order valence-electron chi connectivity index (χ4n) is 4.66. The topological polar surface area (TPSA) is 49.9 Å². The zero-order chi connectivity index (χ0) is 18.1. The van der Waals surface area contributed by atoms with Crippen molar-refractivity contribution in [3.05, 3.63) is 83.4 Å². The fraction of sp³-hybridized carbons (Fsp3) is 0.136. The zero-order valence-electron chi connectivity index (χ0n) is 15.5. The van der Waals surface area contributed by atoms with Gasteiger partial charge >= 0.3 is 68.9 Å². The molecule has 6 rings (SSSR count). The number of carboxylic acid groups (broad SMARTS) is 1. The van der Waals surface area contributed by atoms with Crippen molar-refractivity contribution in [3.8, 4) is 0 Å². The summed E-state index contributed by atoms with van der Waals surface area (Å²) in [5.41, 5.74) is 7.16. The van der Waals surface area contributed by atoms with Gasteiger partial charge in [0.25, 0.3) is 0 Å². The van der Waals surface area contributed by atoms with E-state index in [4.69, 9.17) is 0 Å². The number of carbonyl (C=O) groups is 1. The fourth-order valence-corrected chi connectivity index (χ4v) is 4.66. The van der Waals surface area contributed by atoms with E-state index in [1.165, 1.54) is 22.5 Å². The number of aromatic carboxylic acids is 1. The van der Waals surface area contributed by atoms with Crippen LogP contribution >= 0.6 is 0 Å². The molecule has 3 aromatic rings. The van der Waals surface area contributed by atoms with E-state index < -0.39 is 5.97 Å². The molecule has 3 aromatic carbocycles. The summed E-state index contributed by atoms with van der Waals surface area (Å²) < 4.78 is 0. The Morgan fingerprint density at radius 1 is 0.786 bits per heavy atom. The van der Waals surface area contributed by atoms with Crippen LogP contribution in [0.5, 0.6) is 0 Å². The normalized spacial score (nSPS) is 17.9. The van der Waals surface area contributed by atoms with Crippen molar-refractivity contribution in [2.24, 2.45) is 0 Å². The third-order valence-electron chi connectivity index (χ3n) is 5.80. The Hall–Kier alpha value is -1.42. The van der Waals surface area contributed by atoms with Gasteiger partial charge in [-0.3, -0.25) is 0 Å². The maximum atomic E-state index is 11.4. The molecule has 0 spiro atoms. The maximum Gasteiger partial charge on any atom is 1.00 e. The molecule has 0 N–H and O–H groups in total. The third-order valence-corrected chi connectivity index (χ3v) is 5.80. The van der Waals surface area contributed by atoms with Gasteiger partial charge in [0.15, 0.2) is 6.29 Å². The molecule has 28 heavy (non-hydrogen) atoms. The molecule has 3 aliphatic rings. The predicted molar refractivity (Wildman–Crippen MR) is 102 cm³/mol. The van der Waals surface area contributed by atoms with E-state index in [-0.39, 0.29) is 80.7 Å². The van der Waals surface area contributed by atoms with Gasteiger partial charge in [-0.1, -0.05) is 42.5 Å². The van der Waals surface area contributed by atoms with Gasteiger partial charge in [-0.15, -0.1) is 0 Å². The Kier molecular flexibility index (Phi) is 4.54. The molecule has 0 bridgehead atoms. The minimum absolute atomic E-state index is 0. The average molecular weight is 487 g/mol. The number of anilines is 4. The van der Waals surface area contributed by atoms with Crippen LogP contribution < -0.4 is 88.7 Å². The molecule has 1 unspecified atom stereocenters. The second-order valence-corrected chi connectivity index (χ2v) is 7.22. The Bertz CT molecular complexity index is 1120. The Labute approximate surface area is 222 Å². The number of carboxylic acids is 1. The number of nitrogens with zero attached hydrogens (tertiary/aromatic N) is 3. The van der Waals surface area contributed by atoms with E-state index in [1.54, 1.807) is 12.1 Å². The van der Waals surface area contributed by atoms with E-state index in [0.717, 1.165) is 24.5 Å². The molecule has 3 heterocycles. The van der Waals surface area contributed by atoms with Crippen molar-refractivity contribution in [2.75, 3.05) is 14.7 Å². The number of benzene rings is 3. The molecule has 0 aliphatic carbocycles. The maximum absolute atomic E-state index is 11.4. The SMILES string of the molecule is O=C([O-])c1ccc2c(c1)N1Cc3ccccc3N3c4ccccc4CN2C13.[Cs+]. The Morgan fingerprint density at radius 2 is 1.36 bits per heavy atom. The van der Waals surface area contributed by atoms with Crippen LogP contribution in [-0.2, 0) is 13.1 Å². The van der Waals surface area contributed by atoms with Gasteiger partial charge in [-0.2, -0.15) is 0 Å². The van der Waals surface area contributed by atoms with Crippen molar-refractivity contribution in [1.29, 1.82) is 0 Å². The largest absolute Gasteiger partial charge is 1.00 e. The van der Waals surface area contributed by atoms with Crippen molar-refractivity contribution in [3.63, 3.8) is 0 Å². The van der Waals surface area contributed by atoms with Crippen LogP contribution in [0.4, 0.5) is 22.7 Å². The second kappa shape index (κ2) is 6.83. The smallest absolute Gasteiger partial charge is 0.545 e. The summed E-state index contributed by atoms with van der Waals surface area (Å²) in [6.45, 7) is 1.55. The van der Waals surface area contributed by atoms with Gasteiger partial charge in [0.1, 0.15) is 0 Å². The van der Waals surface area contributed by atoms with Crippen LogP contribution in [0, 0.1) is 0 Å². The molecule has 0 aromatic heterocycles. The number of fused-ring (bicyclic) bond motifs is 7. The second-order valence-electron chi connectivity index (χ2n) is 7.22. The third kappa shape index (κ3) is 2.52. The summed E-state index contributed by atoms with van der Waals surface area (Å²) in [4.78, 5) is 18.4. The first-order valence-electron chi connectivity index (χ1n) is 9.06. The van der Waals surface area contributed by atoms with Crippen molar-refractivity contribution in [1.82, 2.24) is 0 Å². The van der Waals surface area contributed by atoms with Gasteiger partial charge in [0, 0.05) is 24.5 Å². The molecule has 0 saturated heterocycles. The molecule has 1 atom stereocenters. The van der Waals surface area contributed by atoms with Crippen LogP contribution in [0.2, 0.25) is 0 Å². The predicted octanol–water partition coefficient (Wildman–Crippen LogP) is -0.170. The molecule has 5 nitrogen and oxygen atoms in total. The summed E-state index contributed by atoms with van der Waals surface area (Å²) in [5, 5.41) is 11.4. The van der Waals surface area contributed by atoms with Crippen molar-refractivity contribution in [2.45, 2.75) is 19.4 Å². The number of rotatable bonds is 1. The molecular weight excluding hydrogens is 471 g/mol. The van der Waals surface area contributed by atoms with Crippen LogP contribution in [0.3, 0.4) is 0 Å². The minimum atomic E-state index is -1.14. The van der Waals surface area contributed by atoms with Gasteiger partial charge in [0.05, 0.1) is 17.3 Å². The summed E-state index contributed by atoms with van der Waals surface area (Å²) in [5.74, 6) is -1.14. The van der Waals surface area contributed by atoms with Crippen LogP contribution in [-0.4, -0.2) is 12.3 Å². The summed E-state index contributed by atoms with van der Waals surface area (Å²) in [6, 6.07) is 22.2. The number of para-hydroxylation sites is 2. The van der Waals surface area contributed by atoms with Crippen LogP contribution in [0.15, 0.2) is 66.7 Å². The molecule has 132 valence electrons. The van der Waals surface area contributed by atoms with E-state index in [2.05, 4.69) is 63.2 Å². The van der Waals surface area contributed by atoms with Crippen molar-refractivity contribution >= 4 is 28.7 Å². The van der Waals surface area contributed by atoms with Crippen LogP contribution in [0.1, 0.15) is 21.5 Å². The average Bonchev–Trinajstić information content (AvgIpc) is 3.01. The summed E-state index contributed by atoms with van der Waals surface area (Å²) >= 11 is 0. The van der Waals surface area contributed by atoms with E-state index in [0.29, 0.717) is 0 Å². The summed E-state index contributed by atoms with van der Waals surface area (Å²) in [7, 11) is 0. The van der Waals surface area contributed by atoms with Crippen molar-refractivity contribution < 1.29 is 78.8 Å². The monoisotopic (exact) mass is 487 g/mol. The van der Waals surface area contributed by atoms with Gasteiger partial charge in [0.2, 0.25) is 0 Å². The first-order valence-corrected chi connectivity index (χ1v) is 9.06. The number of hydrogen-bond acceptors (Lipinski definition) is 5. The molecular formula is C22H16CsN3O2. The van der Waals surface area contributed by atoms with Gasteiger partial charge in [-0.25, -0.2) is 0 Å². The van der Waals surface area contributed by atoms with E-state index >= 15 is 0 Å². The molecule has 0 amide bonds. The first-order chi connectivity index (χ1) is 13.2. The molecule has 0 radical (unpaired) electrons. The zero-order valence-corrected chi connectivity index (χ0v) is 21.8. The molecule has 0 fully saturated rings.